The highest BCUT2D eigenvalue weighted by molar-refractivity contribution is 7.73. The van der Waals surface area contributed by atoms with Gasteiger partial charge >= 0.3 is 5.97 Å². The van der Waals surface area contributed by atoms with Crippen molar-refractivity contribution in [1.29, 1.82) is 0 Å². The van der Waals surface area contributed by atoms with Crippen molar-refractivity contribution in [2.45, 2.75) is 12.8 Å². The first-order valence-electron chi connectivity index (χ1n) is 34.5. The Morgan fingerprint density at radius 2 is 1.14 bits per heavy atom. The molecular formula is C76H69N21O16S5. The normalized spacial score (nSPS) is 10.5. The van der Waals surface area contributed by atoms with Crippen molar-refractivity contribution in [3.05, 3.63) is 253 Å². The number of tetrazole rings is 1. The van der Waals surface area contributed by atoms with E-state index in [0.29, 0.717) is 73.0 Å². The van der Waals surface area contributed by atoms with Gasteiger partial charge in [0.2, 0.25) is 9.54 Å². The average molecular weight is 1690 g/mol. The average Bonchev–Trinajstić information content (AvgIpc) is 1.59. The van der Waals surface area contributed by atoms with Gasteiger partial charge in [-0.1, -0.05) is 45.9 Å². The maximum Gasteiger partial charge on any atom is 0.345 e. The molecule has 6 heterocycles. The van der Waals surface area contributed by atoms with Gasteiger partial charge in [0.15, 0.2) is 15.5 Å². The third kappa shape index (κ3) is 23.0. The summed E-state index contributed by atoms with van der Waals surface area (Å²) in [4.78, 5) is 30.8. The van der Waals surface area contributed by atoms with Crippen LogP contribution in [-0.2, 0) is 17.6 Å². The number of ether oxygens (including phenoxy) is 3. The van der Waals surface area contributed by atoms with Gasteiger partial charge in [0.05, 0.1) is 11.1 Å². The number of aromatic nitrogens is 17. The Labute approximate surface area is 689 Å². The second-order valence-electron chi connectivity index (χ2n) is 24.3. The minimum absolute atomic E-state index is 0.0168. The number of carbonyl (C=O) groups is 2. The highest BCUT2D eigenvalue weighted by Gasteiger charge is 2.19. The second kappa shape index (κ2) is 40.0. The monoisotopic (exact) mass is 1690 g/mol. The van der Waals surface area contributed by atoms with Crippen LogP contribution in [0.2, 0.25) is 0 Å². The van der Waals surface area contributed by atoms with Gasteiger partial charge < -0.3 is 91.7 Å². The lowest BCUT2D eigenvalue weighted by Crippen LogP contribution is -2.25. The van der Waals surface area contributed by atoms with Crippen molar-refractivity contribution >= 4 is 111 Å². The second-order valence-corrected chi connectivity index (χ2v) is 27.1. The standard InChI is InChI=1S/C21H20N4O3.C16H16N4O5.C16H14N4O2S.C8H7N3O2S.C8H6N2O2S2.C7H6N4O2S/c26-17-7-10-21(27)15(11-17)4-1-14-2-5-16(6-3-14)22-13-28-18-8-9-19-20(12-18)24-25-23-19;21-13-2-1-3-14(22)15(13)16(23)24-7-6-17-9-25-10-4-5-11-12(8-10)19-20-18-11;17-14-5-4-12(21)9-13(14)15(22)19-10-2-1-3-11(8-10)20-7-6-18-16(20)23;12-5-1-2-7(13)6(3-5)11-8(14)9-4-10-11;11-4-1-2-6(12)5(3-4)7-9-10-8(13)14-7;12-4-1-2-6(13)5(3-4)11-7(14)8-9-10-11/h2-3,5-12,22,26-27H,1,4,13H2,(H,23,24,25);1-5,8,17,21-22H,6-7,9H2,(H,18,19,20);1-9,21H,17H2,(H,18,23)(H,19,22);1-4,12-13H,(H,9,10,14);1-3,11-12H,(H,10,13);1-3,12-13H,(H,8,10,14). The number of esters is 1. The summed E-state index contributed by atoms with van der Waals surface area (Å²) >= 11 is 21.0. The minimum Gasteiger partial charge on any atom is -0.508 e. The number of nitrogen functional groups attached to an aromatic ring is 1. The highest BCUT2D eigenvalue weighted by Crippen LogP contribution is 2.34. The van der Waals surface area contributed by atoms with Gasteiger partial charge in [-0.3, -0.25) is 24.9 Å². The van der Waals surface area contributed by atoms with Crippen molar-refractivity contribution in [3.63, 3.8) is 0 Å². The van der Waals surface area contributed by atoms with Crippen LogP contribution in [-0.4, -0.2) is 180 Å². The summed E-state index contributed by atoms with van der Waals surface area (Å²) in [7, 11) is 0. The van der Waals surface area contributed by atoms with E-state index >= 15 is 0 Å². The zero-order valence-electron chi connectivity index (χ0n) is 60.9. The molecule has 37 nitrogen and oxygen atoms in total. The van der Waals surface area contributed by atoms with Gasteiger partial charge in [0.25, 0.3) is 5.91 Å². The first-order chi connectivity index (χ1) is 56.9. The number of aryl methyl sites for hydroxylation is 2. The molecule has 0 saturated carbocycles. The quantitative estimate of drug-likeness (QED) is 0.00841. The number of nitrogens with one attached hydrogen (secondary N) is 9. The van der Waals surface area contributed by atoms with Gasteiger partial charge in [-0.05, 0) is 218 Å². The molecule has 0 spiro atoms. The molecule has 16 aromatic rings. The molecule has 0 aliphatic carbocycles. The SMILES string of the molecule is Nc1ccc(O)cc1C(=O)Nc1cccc(-n2cc[nH]c2=S)c1.O=C(OCCNCOc1ccc2n[nH]nc2c1)c1c(O)cccc1O.Oc1ccc(O)c(-c2n[nH]c(=S)s2)c1.Oc1ccc(O)c(-n2[nH]cnc2=S)c1.Oc1ccc(O)c(-n2[nH]nnc2=S)c1.Oc1ccc(O)c(CCc2ccc(NCOc3ccc4n[nH]nc4c3)cc2)c1. The molecule has 0 aliphatic rings. The smallest absolute Gasteiger partial charge is 0.345 e. The van der Waals surface area contributed by atoms with E-state index in [9.17, 15) is 65.8 Å². The lowest BCUT2D eigenvalue weighted by atomic mass is 10.0. The van der Waals surface area contributed by atoms with Gasteiger partial charge in [0.1, 0.15) is 138 Å². The minimum atomic E-state index is -0.796. The van der Waals surface area contributed by atoms with Crippen molar-refractivity contribution in [1.82, 2.24) is 90.9 Å². The topological polar surface area (TPSA) is 559 Å². The largest absolute Gasteiger partial charge is 0.508 e. The van der Waals surface area contributed by atoms with Crippen LogP contribution in [0.15, 0.2) is 213 Å². The number of benzene rings is 10. The zero-order valence-corrected chi connectivity index (χ0v) is 65.0. The van der Waals surface area contributed by atoms with E-state index in [1.54, 1.807) is 53.4 Å². The Kier molecular flexibility index (Phi) is 28.4. The molecule has 22 N–H and O–H groups in total. The van der Waals surface area contributed by atoms with Gasteiger partial charge in [-0.2, -0.15) is 41.1 Å². The Bertz CT molecular complexity index is 6260. The molecule has 16 rings (SSSR count). The van der Waals surface area contributed by atoms with Gasteiger partial charge in [0, 0.05) is 66.0 Å². The Morgan fingerprint density at radius 3 is 1.75 bits per heavy atom. The fourth-order valence-electron chi connectivity index (χ4n) is 10.5. The molecule has 42 heteroatoms. The number of nitrogens with two attached hydrogens (primary N) is 1. The number of hydrogen-bond acceptors (Lipinski definition) is 32. The molecule has 0 bridgehead atoms. The van der Waals surface area contributed by atoms with E-state index in [2.05, 4.69) is 87.6 Å². The molecule has 118 heavy (non-hydrogen) atoms. The number of fused-ring (bicyclic) bond motifs is 2. The Hall–Kier alpha value is -15.2. The molecule has 0 aliphatic heterocycles. The Morgan fingerprint density at radius 1 is 0.542 bits per heavy atom. The first-order valence-corrected chi connectivity index (χ1v) is 37.0. The van der Waals surface area contributed by atoms with E-state index in [1.165, 1.54) is 130 Å². The molecule has 10 aromatic carbocycles. The zero-order chi connectivity index (χ0) is 83.8. The summed E-state index contributed by atoms with van der Waals surface area (Å²) in [6, 6.07) is 51.5. The number of imidazole rings is 1. The summed E-state index contributed by atoms with van der Waals surface area (Å²) in [5.74, 6) is 0.0681. The maximum absolute atomic E-state index is 12.3. The maximum atomic E-state index is 12.3. The van der Waals surface area contributed by atoms with E-state index in [0.717, 1.165) is 51.2 Å². The lowest BCUT2D eigenvalue weighted by Gasteiger charge is -2.10. The van der Waals surface area contributed by atoms with E-state index in [1.807, 2.05) is 54.6 Å². The molecule has 1 amide bonds. The molecule has 6 aromatic heterocycles. The molecule has 0 unspecified atom stereocenters. The lowest BCUT2D eigenvalue weighted by molar-refractivity contribution is 0.0496. The van der Waals surface area contributed by atoms with Crippen LogP contribution in [0.4, 0.5) is 17.1 Å². The van der Waals surface area contributed by atoms with E-state index < -0.39 is 11.9 Å². The number of aromatic hydroxyl groups is 11. The highest BCUT2D eigenvalue weighted by atomic mass is 32.1. The van der Waals surface area contributed by atoms with Crippen LogP contribution in [0.25, 0.3) is 49.7 Å². The van der Waals surface area contributed by atoms with Crippen LogP contribution in [0, 0.1) is 18.3 Å². The van der Waals surface area contributed by atoms with Crippen molar-refractivity contribution < 1.29 is 80.0 Å². The third-order valence-corrected chi connectivity index (χ3v) is 18.2. The number of aromatic amines is 6. The molecule has 604 valence electrons. The van der Waals surface area contributed by atoms with E-state index in [4.69, 9.17) is 68.8 Å². The van der Waals surface area contributed by atoms with Gasteiger partial charge in [-0.25, -0.2) is 19.1 Å². The predicted molar refractivity (Wildman–Crippen MR) is 444 cm³/mol. The summed E-state index contributed by atoms with van der Waals surface area (Å²) in [6.07, 6.45) is 6.37. The summed E-state index contributed by atoms with van der Waals surface area (Å²) in [5, 5.41) is 153. The third-order valence-electron chi connectivity index (χ3n) is 16.3. The first kappa shape index (κ1) is 83.7. The molecule has 0 radical (unpaired) electrons. The molecular weight excluding hydrogens is 1620 g/mol. The Balaban J connectivity index is 0.000000142. The van der Waals surface area contributed by atoms with E-state index in [-0.39, 0.29) is 97.3 Å². The fourth-order valence-corrected chi connectivity index (χ4v) is 12.0. The summed E-state index contributed by atoms with van der Waals surface area (Å²) in [6.45, 7) is 0.938. The van der Waals surface area contributed by atoms with Crippen LogP contribution >= 0.6 is 60.2 Å². The number of phenols is 11. The van der Waals surface area contributed by atoms with Crippen LogP contribution < -0.4 is 31.2 Å². The predicted octanol–water partition coefficient (Wildman–Crippen LogP) is 12.2. The number of anilines is 3. The number of hydrogen-bond donors (Lipinski definition) is 21. The van der Waals surface area contributed by atoms with Crippen molar-refractivity contribution in [2.24, 2.45) is 0 Å². The molecule has 0 fully saturated rings. The summed E-state index contributed by atoms with van der Waals surface area (Å²) < 4.78 is 22.2. The summed E-state index contributed by atoms with van der Waals surface area (Å²) in [5.41, 5.74) is 14.4. The van der Waals surface area contributed by atoms with Crippen LogP contribution in [0.1, 0.15) is 31.8 Å². The number of rotatable bonds is 20. The van der Waals surface area contributed by atoms with Gasteiger partial charge in [-0.15, -0.1) is 0 Å². The molecule has 0 atom stereocenters. The van der Waals surface area contributed by atoms with Crippen LogP contribution in [0.5, 0.6) is 74.7 Å². The van der Waals surface area contributed by atoms with Crippen LogP contribution in [0.3, 0.4) is 0 Å². The number of amides is 1. The fraction of sp³-hybridized carbons (Fsp3) is 0.0789. The number of nitrogens with zero attached hydrogens (tertiary/aromatic N) is 11. The number of phenolic OH excluding ortho intramolecular Hbond substituents is 11. The van der Waals surface area contributed by atoms with Crippen molar-refractivity contribution in [2.75, 3.05) is 43.0 Å². The van der Waals surface area contributed by atoms with Crippen molar-refractivity contribution in [3.8, 4) is 102 Å². The molecule has 0 saturated heterocycles. The number of carbonyl (C=O) groups excluding carboxylic acids is 2. The number of H-pyrrole nitrogens is 6.